The molecule has 2 nitrogen and oxygen atoms in total. The average Bonchev–Trinajstić information content (AvgIpc) is 2.40. The Morgan fingerprint density at radius 3 is 2.83 bits per heavy atom. The molecule has 100 valence electrons. The summed E-state index contributed by atoms with van der Waals surface area (Å²) in [5.41, 5.74) is 1.82. The summed E-state index contributed by atoms with van der Waals surface area (Å²) < 4.78 is 0. The zero-order valence-electron chi connectivity index (χ0n) is 10.2. The van der Waals surface area contributed by atoms with E-state index in [1.807, 2.05) is 19.2 Å². The molecule has 1 atom stereocenters. The highest BCUT2D eigenvalue weighted by atomic mass is 35.5. The molecule has 0 spiro atoms. The van der Waals surface area contributed by atoms with Crippen LogP contribution in [0.1, 0.15) is 22.3 Å². The van der Waals surface area contributed by atoms with Crippen molar-refractivity contribution in [2.24, 2.45) is 5.92 Å². The van der Waals surface area contributed by atoms with E-state index < -0.39 is 0 Å². The molecule has 0 N–H and O–H groups in total. The lowest BCUT2D eigenvalue weighted by Crippen LogP contribution is -2.29. The van der Waals surface area contributed by atoms with E-state index in [1.165, 1.54) is 0 Å². The van der Waals surface area contributed by atoms with Crippen molar-refractivity contribution in [3.05, 3.63) is 34.3 Å². The molecule has 1 amide bonds. The minimum Gasteiger partial charge on any atom is -0.341 e. The largest absolute Gasteiger partial charge is 0.341 e. The Morgan fingerprint density at radius 1 is 1.44 bits per heavy atom. The molecule has 0 saturated carbocycles. The summed E-state index contributed by atoms with van der Waals surface area (Å²) in [5, 5.41) is 0.612. The molecule has 0 aromatic heterocycles. The van der Waals surface area contributed by atoms with Crippen LogP contribution >= 0.6 is 35.6 Å². The normalized spacial score (nSPS) is 18.9. The number of hydrogen-bond donors (Lipinski definition) is 0. The van der Waals surface area contributed by atoms with Crippen molar-refractivity contribution in [1.29, 1.82) is 0 Å². The van der Waals surface area contributed by atoms with Crippen molar-refractivity contribution in [1.82, 2.24) is 4.90 Å². The van der Waals surface area contributed by atoms with E-state index in [0.717, 1.165) is 30.5 Å². The Kier molecular flexibility index (Phi) is 5.77. The number of benzene rings is 1. The molecular weight excluding hydrogens is 293 g/mol. The van der Waals surface area contributed by atoms with E-state index in [-0.39, 0.29) is 18.3 Å². The summed E-state index contributed by atoms with van der Waals surface area (Å²) in [6.07, 6.45) is 1.83. The van der Waals surface area contributed by atoms with E-state index in [1.54, 1.807) is 11.0 Å². The monoisotopic (exact) mass is 307 g/mol. The SMILES string of the molecule is CN1CC(CCCl)Cc2ccc(Cl)cc2C1=O.Cl. The van der Waals surface area contributed by atoms with Crippen LogP contribution in [-0.2, 0) is 6.42 Å². The summed E-state index contributed by atoms with van der Waals surface area (Å²) in [6.45, 7) is 0.762. The van der Waals surface area contributed by atoms with Gasteiger partial charge in [-0.2, -0.15) is 0 Å². The van der Waals surface area contributed by atoms with Gasteiger partial charge in [0.1, 0.15) is 0 Å². The van der Waals surface area contributed by atoms with Crippen LogP contribution in [0, 0.1) is 5.92 Å². The Morgan fingerprint density at radius 2 is 2.17 bits per heavy atom. The summed E-state index contributed by atoms with van der Waals surface area (Å²) in [4.78, 5) is 13.9. The van der Waals surface area contributed by atoms with Gasteiger partial charge in [0.2, 0.25) is 0 Å². The molecule has 5 heteroatoms. The fourth-order valence-corrected chi connectivity index (χ4v) is 2.81. The number of nitrogens with zero attached hydrogens (tertiary/aromatic N) is 1. The van der Waals surface area contributed by atoms with E-state index in [9.17, 15) is 4.79 Å². The highest BCUT2D eigenvalue weighted by Gasteiger charge is 2.25. The lowest BCUT2D eigenvalue weighted by Gasteiger charge is -2.19. The molecule has 0 fully saturated rings. The highest BCUT2D eigenvalue weighted by Crippen LogP contribution is 2.25. The van der Waals surface area contributed by atoms with Crippen molar-refractivity contribution < 1.29 is 4.79 Å². The fraction of sp³-hybridized carbons (Fsp3) is 0.462. The van der Waals surface area contributed by atoms with Crippen LogP contribution in [0.2, 0.25) is 5.02 Å². The van der Waals surface area contributed by atoms with Crippen molar-refractivity contribution in [3.8, 4) is 0 Å². The quantitative estimate of drug-likeness (QED) is 0.764. The van der Waals surface area contributed by atoms with Gasteiger partial charge >= 0.3 is 0 Å². The molecule has 1 aromatic carbocycles. The number of fused-ring (bicyclic) bond motifs is 1. The summed E-state index contributed by atoms with van der Waals surface area (Å²) >= 11 is 11.7. The lowest BCUT2D eigenvalue weighted by molar-refractivity contribution is 0.0782. The van der Waals surface area contributed by atoms with Crippen LogP contribution in [-0.4, -0.2) is 30.3 Å². The molecule has 0 aliphatic carbocycles. The molecule has 0 radical (unpaired) electrons. The second-order valence-electron chi connectivity index (χ2n) is 4.53. The van der Waals surface area contributed by atoms with E-state index in [4.69, 9.17) is 23.2 Å². The van der Waals surface area contributed by atoms with Crippen LogP contribution in [0.15, 0.2) is 18.2 Å². The van der Waals surface area contributed by atoms with Crippen LogP contribution < -0.4 is 0 Å². The standard InChI is InChI=1S/C13H15Cl2NO.ClH/c1-16-8-9(4-5-14)6-10-2-3-11(15)7-12(10)13(16)17;/h2-3,7,9H,4-6,8H2,1H3;1H. The number of carbonyl (C=O) groups excluding carboxylic acids is 1. The van der Waals surface area contributed by atoms with Gasteiger partial charge in [-0.15, -0.1) is 24.0 Å². The first-order chi connectivity index (χ1) is 8.11. The smallest absolute Gasteiger partial charge is 0.253 e. The van der Waals surface area contributed by atoms with Gasteiger partial charge in [-0.25, -0.2) is 0 Å². The molecule has 0 bridgehead atoms. The van der Waals surface area contributed by atoms with Crippen LogP contribution in [0.4, 0.5) is 0 Å². The van der Waals surface area contributed by atoms with Crippen molar-refractivity contribution in [3.63, 3.8) is 0 Å². The predicted molar refractivity (Wildman–Crippen MR) is 78.2 cm³/mol. The van der Waals surface area contributed by atoms with Crippen LogP contribution in [0.3, 0.4) is 0 Å². The first-order valence-electron chi connectivity index (χ1n) is 5.71. The second-order valence-corrected chi connectivity index (χ2v) is 5.35. The lowest BCUT2D eigenvalue weighted by atomic mass is 9.95. The molecule has 1 aromatic rings. The van der Waals surface area contributed by atoms with E-state index in [2.05, 4.69) is 0 Å². The van der Waals surface area contributed by atoms with Gasteiger partial charge in [-0.1, -0.05) is 17.7 Å². The first kappa shape index (κ1) is 15.6. The van der Waals surface area contributed by atoms with Gasteiger partial charge in [-0.05, 0) is 36.5 Å². The Hall–Kier alpha value is -0.440. The molecule has 0 saturated heterocycles. The van der Waals surface area contributed by atoms with Gasteiger partial charge in [0.15, 0.2) is 0 Å². The molecule has 1 heterocycles. The summed E-state index contributed by atoms with van der Waals surface area (Å²) in [5.74, 6) is 1.12. The minimum absolute atomic E-state index is 0. The van der Waals surface area contributed by atoms with Crippen molar-refractivity contribution in [2.75, 3.05) is 19.5 Å². The van der Waals surface area contributed by atoms with Gasteiger partial charge in [0.25, 0.3) is 5.91 Å². The topological polar surface area (TPSA) is 20.3 Å². The second kappa shape index (κ2) is 6.65. The molecule has 1 unspecified atom stereocenters. The third-order valence-electron chi connectivity index (χ3n) is 3.21. The van der Waals surface area contributed by atoms with Gasteiger partial charge < -0.3 is 4.90 Å². The fourth-order valence-electron chi connectivity index (χ4n) is 2.32. The number of rotatable bonds is 2. The summed E-state index contributed by atoms with van der Waals surface area (Å²) in [6, 6.07) is 5.56. The number of alkyl halides is 1. The molecule has 1 aliphatic heterocycles. The number of hydrogen-bond acceptors (Lipinski definition) is 1. The summed E-state index contributed by atoms with van der Waals surface area (Å²) in [7, 11) is 1.83. The number of amides is 1. The van der Waals surface area contributed by atoms with E-state index in [0.29, 0.717) is 16.8 Å². The minimum atomic E-state index is 0. The molecule has 2 rings (SSSR count). The maximum absolute atomic E-state index is 12.2. The Labute approximate surface area is 124 Å². The van der Waals surface area contributed by atoms with Crippen LogP contribution in [0.25, 0.3) is 0 Å². The predicted octanol–water partition coefficient (Wildman–Crippen LogP) is 3.64. The van der Waals surface area contributed by atoms with Crippen molar-refractivity contribution >= 4 is 41.5 Å². The highest BCUT2D eigenvalue weighted by molar-refractivity contribution is 6.31. The maximum Gasteiger partial charge on any atom is 0.253 e. The number of carbonyl (C=O) groups is 1. The third kappa shape index (κ3) is 3.31. The third-order valence-corrected chi connectivity index (χ3v) is 3.66. The van der Waals surface area contributed by atoms with E-state index >= 15 is 0 Å². The Bertz CT molecular complexity index is 436. The molecule has 18 heavy (non-hydrogen) atoms. The zero-order valence-corrected chi connectivity index (χ0v) is 12.5. The van der Waals surface area contributed by atoms with Gasteiger partial charge in [-0.3, -0.25) is 4.79 Å². The number of halogens is 3. The molecule has 1 aliphatic rings. The Balaban J connectivity index is 0.00000162. The zero-order chi connectivity index (χ0) is 12.4. The first-order valence-corrected chi connectivity index (χ1v) is 6.63. The average molecular weight is 309 g/mol. The van der Waals surface area contributed by atoms with Crippen molar-refractivity contribution in [2.45, 2.75) is 12.8 Å². The maximum atomic E-state index is 12.2. The molecular formula is C13H16Cl3NO. The van der Waals surface area contributed by atoms with Gasteiger partial charge in [0, 0.05) is 30.1 Å². The van der Waals surface area contributed by atoms with Gasteiger partial charge in [0.05, 0.1) is 0 Å². The van der Waals surface area contributed by atoms with Crippen LogP contribution in [0.5, 0.6) is 0 Å².